The average molecular weight is 396 g/mol. The van der Waals surface area contributed by atoms with Crippen molar-refractivity contribution in [3.8, 4) is 0 Å². The van der Waals surface area contributed by atoms with Crippen LogP contribution in [-0.2, 0) is 17.8 Å². The van der Waals surface area contributed by atoms with Crippen LogP contribution in [0.1, 0.15) is 11.1 Å². The van der Waals surface area contributed by atoms with Gasteiger partial charge in [-0.3, -0.25) is 9.69 Å². The van der Waals surface area contributed by atoms with Crippen molar-refractivity contribution in [1.29, 1.82) is 0 Å². The Kier molecular flexibility index (Phi) is 5.92. The van der Waals surface area contributed by atoms with Gasteiger partial charge < -0.3 is 20.2 Å². The highest BCUT2D eigenvalue weighted by atomic mass is 16.3. The molecule has 2 N–H and O–H groups in total. The van der Waals surface area contributed by atoms with Gasteiger partial charge in [-0.25, -0.2) is 9.97 Å². The maximum absolute atomic E-state index is 11.9. The highest BCUT2D eigenvalue weighted by Crippen LogP contribution is 2.19. The lowest BCUT2D eigenvalue weighted by atomic mass is 10.00. The van der Waals surface area contributed by atoms with E-state index in [4.69, 9.17) is 0 Å². The van der Waals surface area contributed by atoms with Crippen LogP contribution in [-0.4, -0.2) is 83.2 Å². The molecule has 8 nitrogen and oxygen atoms in total. The number of hydrogen-bond acceptors (Lipinski definition) is 7. The summed E-state index contributed by atoms with van der Waals surface area (Å²) in [5.74, 6) is 1.47. The summed E-state index contributed by atoms with van der Waals surface area (Å²) in [7, 11) is 1.81. The number of anilines is 2. The summed E-state index contributed by atoms with van der Waals surface area (Å²) in [6, 6.07) is 10.3. The molecule has 0 aliphatic carbocycles. The number of aromatic nitrogens is 2. The van der Waals surface area contributed by atoms with Crippen molar-refractivity contribution in [1.82, 2.24) is 19.8 Å². The van der Waals surface area contributed by atoms with Crippen LogP contribution >= 0.6 is 0 Å². The van der Waals surface area contributed by atoms with E-state index in [1.807, 2.05) is 18.0 Å². The van der Waals surface area contributed by atoms with Crippen LogP contribution in [0, 0.1) is 0 Å². The van der Waals surface area contributed by atoms with Gasteiger partial charge >= 0.3 is 0 Å². The zero-order valence-corrected chi connectivity index (χ0v) is 16.8. The quantitative estimate of drug-likeness (QED) is 0.739. The molecule has 8 heteroatoms. The molecule has 1 aromatic carbocycles. The van der Waals surface area contributed by atoms with E-state index in [0.717, 1.165) is 31.9 Å². The smallest absolute Gasteiger partial charge is 0.241 e. The summed E-state index contributed by atoms with van der Waals surface area (Å²) >= 11 is 0. The fourth-order valence-corrected chi connectivity index (χ4v) is 3.87. The molecule has 2 aliphatic heterocycles. The van der Waals surface area contributed by atoms with Gasteiger partial charge in [-0.1, -0.05) is 24.3 Å². The number of likely N-dealkylation sites (N-methyl/N-ethyl adjacent to an activating group) is 1. The van der Waals surface area contributed by atoms with Crippen LogP contribution in [0.4, 0.5) is 11.6 Å². The molecular formula is C21H28N6O2. The minimum atomic E-state index is -0.496. The molecule has 1 fully saturated rings. The van der Waals surface area contributed by atoms with Crippen molar-refractivity contribution in [2.45, 2.75) is 19.1 Å². The molecule has 1 atom stereocenters. The molecule has 29 heavy (non-hydrogen) atoms. The number of aliphatic hydroxyl groups excluding tert-OH is 1. The van der Waals surface area contributed by atoms with E-state index < -0.39 is 6.10 Å². The Bertz CT molecular complexity index is 861. The Hall–Kier alpha value is -2.71. The molecule has 4 rings (SSSR count). The van der Waals surface area contributed by atoms with E-state index in [1.165, 1.54) is 17.5 Å². The number of aliphatic hydroxyl groups is 1. The molecule has 0 saturated carbocycles. The Balaban J connectivity index is 1.28. The number of rotatable bonds is 6. The van der Waals surface area contributed by atoms with Crippen molar-refractivity contribution in [3.63, 3.8) is 0 Å². The highest BCUT2D eigenvalue weighted by Gasteiger charge is 2.22. The molecule has 154 valence electrons. The Labute approximate surface area is 171 Å². The Morgan fingerprint density at radius 1 is 1.14 bits per heavy atom. The predicted molar refractivity (Wildman–Crippen MR) is 112 cm³/mol. The third-order valence-electron chi connectivity index (χ3n) is 5.63. The topological polar surface area (TPSA) is 84.8 Å². The van der Waals surface area contributed by atoms with Gasteiger partial charge in [0.15, 0.2) is 0 Å². The second kappa shape index (κ2) is 8.75. The molecule has 1 saturated heterocycles. The maximum atomic E-state index is 11.9. The zero-order chi connectivity index (χ0) is 20.2. The Morgan fingerprint density at radius 2 is 1.97 bits per heavy atom. The van der Waals surface area contributed by atoms with Crippen LogP contribution in [0.5, 0.6) is 0 Å². The molecule has 1 aromatic heterocycles. The minimum absolute atomic E-state index is 0.0860. The number of nitrogens with zero attached hydrogens (tertiary/aromatic N) is 5. The lowest BCUT2D eigenvalue weighted by Gasteiger charge is -2.32. The molecule has 1 amide bonds. The number of hydrogen-bond donors (Lipinski definition) is 2. The first-order valence-corrected chi connectivity index (χ1v) is 10.1. The summed E-state index contributed by atoms with van der Waals surface area (Å²) in [6.07, 6.45) is 2.02. The summed E-state index contributed by atoms with van der Waals surface area (Å²) < 4.78 is 0. The largest absolute Gasteiger partial charge is 0.390 e. The van der Waals surface area contributed by atoms with E-state index >= 15 is 0 Å². The van der Waals surface area contributed by atoms with E-state index in [9.17, 15) is 9.90 Å². The number of carbonyl (C=O) groups excluding carboxylic acids is 1. The first-order chi connectivity index (χ1) is 14.1. The van der Waals surface area contributed by atoms with Gasteiger partial charge in [0.2, 0.25) is 5.91 Å². The molecule has 0 spiro atoms. The normalized spacial score (nSPS) is 18.5. The SMILES string of the molecule is CN1CCN(c2cc(NCC(O)CN3CCc4ccccc4C3)ncn2)CC1=O. The van der Waals surface area contributed by atoms with Gasteiger partial charge in [-0.2, -0.15) is 0 Å². The van der Waals surface area contributed by atoms with E-state index in [2.05, 4.69) is 44.5 Å². The molecule has 3 heterocycles. The van der Waals surface area contributed by atoms with Crippen molar-refractivity contribution in [2.24, 2.45) is 0 Å². The second-order valence-electron chi connectivity index (χ2n) is 7.79. The van der Waals surface area contributed by atoms with E-state index in [1.54, 1.807) is 4.90 Å². The lowest BCUT2D eigenvalue weighted by molar-refractivity contribution is -0.129. The first-order valence-electron chi connectivity index (χ1n) is 10.1. The second-order valence-corrected chi connectivity index (χ2v) is 7.79. The number of benzene rings is 1. The van der Waals surface area contributed by atoms with Crippen LogP contribution < -0.4 is 10.2 Å². The molecule has 1 unspecified atom stereocenters. The number of piperazine rings is 1. The molecule has 2 aliphatic rings. The number of fused-ring (bicyclic) bond motifs is 1. The first kappa shape index (κ1) is 19.6. The van der Waals surface area contributed by atoms with Gasteiger partial charge in [-0.05, 0) is 17.5 Å². The van der Waals surface area contributed by atoms with Crippen LogP contribution in [0.3, 0.4) is 0 Å². The molecule has 2 aromatic rings. The fraction of sp³-hybridized carbons (Fsp3) is 0.476. The van der Waals surface area contributed by atoms with E-state index in [-0.39, 0.29) is 5.91 Å². The number of β-amino-alcohol motifs (C(OH)–C–C–N with tert-alkyl or cyclic N) is 1. The molecule has 0 bridgehead atoms. The van der Waals surface area contributed by atoms with Crippen molar-refractivity contribution in [2.75, 3.05) is 56.5 Å². The lowest BCUT2D eigenvalue weighted by Crippen LogP contribution is -2.48. The summed E-state index contributed by atoms with van der Waals surface area (Å²) in [4.78, 5) is 26.4. The van der Waals surface area contributed by atoms with Gasteiger partial charge in [0.05, 0.1) is 12.6 Å². The monoisotopic (exact) mass is 396 g/mol. The molecule has 0 radical (unpaired) electrons. The van der Waals surface area contributed by atoms with Gasteiger partial charge in [-0.15, -0.1) is 0 Å². The Morgan fingerprint density at radius 3 is 2.79 bits per heavy atom. The zero-order valence-electron chi connectivity index (χ0n) is 16.8. The van der Waals surface area contributed by atoms with Crippen LogP contribution in [0.15, 0.2) is 36.7 Å². The van der Waals surface area contributed by atoms with Gasteiger partial charge in [0.25, 0.3) is 0 Å². The number of nitrogens with one attached hydrogen (secondary N) is 1. The van der Waals surface area contributed by atoms with Crippen molar-refractivity contribution >= 4 is 17.5 Å². The summed E-state index contributed by atoms with van der Waals surface area (Å²) in [5.41, 5.74) is 2.76. The predicted octanol–water partition coefficient (Wildman–Crippen LogP) is 0.586. The van der Waals surface area contributed by atoms with Gasteiger partial charge in [0, 0.05) is 52.4 Å². The highest BCUT2D eigenvalue weighted by molar-refractivity contribution is 5.82. The van der Waals surface area contributed by atoms with E-state index in [0.29, 0.717) is 32.0 Å². The average Bonchev–Trinajstić information content (AvgIpc) is 2.74. The summed E-state index contributed by atoms with van der Waals surface area (Å²) in [6.45, 7) is 4.63. The van der Waals surface area contributed by atoms with Crippen molar-refractivity contribution < 1.29 is 9.90 Å². The summed E-state index contributed by atoms with van der Waals surface area (Å²) in [5, 5.41) is 13.7. The van der Waals surface area contributed by atoms with Crippen LogP contribution in [0.25, 0.3) is 0 Å². The minimum Gasteiger partial charge on any atom is -0.390 e. The standard InChI is InChI=1S/C21H28N6O2/c1-25-8-9-27(14-21(25)29)20-10-19(23-15-24-20)22-11-18(28)13-26-7-6-16-4-2-3-5-17(16)12-26/h2-5,10,15,18,28H,6-9,11-14H2,1H3,(H,22,23,24). The number of carbonyl (C=O) groups is 1. The fourth-order valence-electron chi connectivity index (χ4n) is 3.87. The van der Waals surface area contributed by atoms with Gasteiger partial charge in [0.1, 0.15) is 18.0 Å². The molecular weight excluding hydrogens is 368 g/mol. The van der Waals surface area contributed by atoms with Crippen LogP contribution in [0.2, 0.25) is 0 Å². The van der Waals surface area contributed by atoms with Crippen molar-refractivity contribution in [3.05, 3.63) is 47.8 Å². The number of amides is 1. The third-order valence-corrected chi connectivity index (χ3v) is 5.63. The third kappa shape index (κ3) is 4.83. The maximum Gasteiger partial charge on any atom is 0.241 e.